The topological polar surface area (TPSA) is 149 Å². The predicted molar refractivity (Wildman–Crippen MR) is 197 cm³/mol. The Hall–Kier alpha value is -4.05. The molecule has 0 saturated heterocycles. The normalized spacial score (nSPS) is 15.1. The minimum Gasteiger partial charge on any atom is -0.457 e. The minimum atomic E-state index is -0.773. The van der Waals surface area contributed by atoms with Crippen LogP contribution in [0.1, 0.15) is 43.9 Å². The average Bonchev–Trinajstić information content (AvgIpc) is 3.71. The lowest BCUT2D eigenvalue weighted by molar-refractivity contribution is 0.101. The van der Waals surface area contributed by atoms with Crippen molar-refractivity contribution >= 4 is 93.0 Å². The van der Waals surface area contributed by atoms with E-state index in [2.05, 4.69) is 37.0 Å². The average molecular weight is 798 g/mol. The van der Waals surface area contributed by atoms with Crippen LogP contribution >= 0.6 is 58.3 Å². The van der Waals surface area contributed by atoms with Crippen molar-refractivity contribution in [3.63, 3.8) is 0 Å². The Morgan fingerprint density at radius 3 is 1.69 bits per heavy atom. The number of carbonyl (C=O) groups is 4. The third-order valence-corrected chi connectivity index (χ3v) is 10.4. The molecule has 0 aromatic heterocycles. The molecular weight excluding hydrogens is 769 g/mol. The molecular formula is C34H29Cl3F2N4O6S2. The van der Waals surface area contributed by atoms with Crippen molar-refractivity contribution in [2.75, 3.05) is 36.4 Å². The van der Waals surface area contributed by atoms with Crippen molar-refractivity contribution < 1.29 is 37.4 Å². The molecule has 2 heterocycles. The monoisotopic (exact) mass is 796 g/mol. The van der Waals surface area contributed by atoms with E-state index in [1.165, 1.54) is 62.4 Å². The summed E-state index contributed by atoms with van der Waals surface area (Å²) >= 11 is 19.1. The van der Waals surface area contributed by atoms with Crippen LogP contribution in [0.5, 0.6) is 0 Å². The highest BCUT2D eigenvalue weighted by molar-refractivity contribution is 8.00. The van der Waals surface area contributed by atoms with Crippen molar-refractivity contribution in [2.24, 2.45) is 5.73 Å². The minimum absolute atomic E-state index is 0.0255. The number of thioether (sulfide) groups is 2. The molecule has 2 unspecified atom stereocenters. The molecule has 6 rings (SSSR count). The van der Waals surface area contributed by atoms with E-state index in [9.17, 15) is 28.0 Å². The summed E-state index contributed by atoms with van der Waals surface area (Å²) in [5.41, 5.74) is 8.99. The van der Waals surface area contributed by atoms with Crippen LogP contribution in [0.3, 0.4) is 0 Å². The fourth-order valence-electron chi connectivity index (χ4n) is 4.74. The van der Waals surface area contributed by atoms with Gasteiger partial charge in [0.25, 0.3) is 11.8 Å². The first-order valence-corrected chi connectivity index (χ1v) is 17.8. The number of rotatable bonds is 5. The Labute approximate surface area is 315 Å². The standard InChI is InChI=1S/C17H14ClFN2O3S.C15H12ClFN2OS.C2H3ClO2/c1-24-17(23)21-14-8-25-15-10(14)3-2-4-11(15)16(22)20-9-5-6-13(19)12(18)7-9;16-11-6-8(4-5-12(11)17)19-15(20)10-3-1-2-9-13(18)7-21-14(9)10;1-5-2(3)4/h2-7,14H,8H2,1H3,(H,20,22)(H,21,23);1-6,13H,7,18H2,(H,19,20);1H3. The van der Waals surface area contributed by atoms with Gasteiger partial charge in [-0.25, -0.2) is 18.4 Å². The van der Waals surface area contributed by atoms with Gasteiger partial charge in [-0.15, -0.1) is 23.5 Å². The van der Waals surface area contributed by atoms with Gasteiger partial charge in [-0.2, -0.15) is 0 Å². The number of benzene rings is 4. The highest BCUT2D eigenvalue weighted by Crippen LogP contribution is 2.41. The van der Waals surface area contributed by atoms with E-state index < -0.39 is 23.2 Å². The number of fused-ring (bicyclic) bond motifs is 2. The number of alkyl carbamates (subject to hydrolysis) is 1. The molecule has 0 radical (unpaired) electrons. The van der Waals surface area contributed by atoms with Crippen molar-refractivity contribution in [1.29, 1.82) is 0 Å². The van der Waals surface area contributed by atoms with Gasteiger partial charge in [0.1, 0.15) is 11.6 Å². The van der Waals surface area contributed by atoms with Crippen molar-refractivity contribution in [2.45, 2.75) is 21.9 Å². The number of carbonyl (C=O) groups excluding carboxylic acids is 4. The first-order chi connectivity index (χ1) is 24.3. The van der Waals surface area contributed by atoms with E-state index in [4.69, 9.17) is 28.9 Å². The summed E-state index contributed by atoms with van der Waals surface area (Å²) in [7, 11) is 2.52. The molecule has 4 aromatic carbocycles. The lowest BCUT2D eigenvalue weighted by Gasteiger charge is -2.13. The molecule has 4 aromatic rings. The van der Waals surface area contributed by atoms with E-state index in [0.717, 1.165) is 26.7 Å². The molecule has 2 aliphatic rings. The number of hydrogen-bond acceptors (Lipinski definition) is 9. The van der Waals surface area contributed by atoms with Crippen molar-refractivity contribution in [1.82, 2.24) is 5.32 Å². The lowest BCUT2D eigenvalue weighted by Crippen LogP contribution is -2.28. The number of nitrogens with one attached hydrogen (secondary N) is 3. The van der Waals surface area contributed by atoms with Crippen LogP contribution in [0.4, 0.5) is 29.7 Å². The summed E-state index contributed by atoms with van der Waals surface area (Å²) in [6, 6.07) is 18.6. The Morgan fingerprint density at radius 2 is 1.22 bits per heavy atom. The number of anilines is 2. The fourth-order valence-corrected chi connectivity index (χ4v) is 7.62. The van der Waals surface area contributed by atoms with Crippen LogP contribution < -0.4 is 21.7 Å². The molecule has 2 atom stereocenters. The first-order valence-electron chi connectivity index (χ1n) is 14.7. The summed E-state index contributed by atoms with van der Waals surface area (Å²) in [5, 5.41) is 8.09. The summed E-state index contributed by atoms with van der Waals surface area (Å²) in [6.45, 7) is 0. The van der Waals surface area contributed by atoms with Crippen molar-refractivity contribution in [3.8, 4) is 0 Å². The number of amides is 3. The highest BCUT2D eigenvalue weighted by Gasteiger charge is 2.29. The second-order valence-electron chi connectivity index (χ2n) is 10.5. The van der Waals surface area contributed by atoms with Gasteiger partial charge < -0.3 is 31.2 Å². The lowest BCUT2D eigenvalue weighted by atomic mass is 10.0. The third-order valence-electron chi connectivity index (χ3n) is 7.15. The van der Waals surface area contributed by atoms with Crippen LogP contribution in [-0.4, -0.2) is 49.1 Å². The van der Waals surface area contributed by atoms with E-state index in [1.807, 2.05) is 18.2 Å². The fraction of sp³-hybridized carbons (Fsp3) is 0.176. The maximum Gasteiger partial charge on any atom is 0.407 e. The SMILES string of the molecule is COC(=O)Cl.COC(=O)NC1CSc2c(C(=O)Nc3ccc(F)c(Cl)c3)cccc21.NC1CSc2c(C(=O)Nc3ccc(F)c(Cl)c3)cccc21. The molecule has 3 amide bonds. The van der Waals surface area contributed by atoms with Crippen LogP contribution in [-0.2, 0) is 9.47 Å². The van der Waals surface area contributed by atoms with Gasteiger partial charge in [-0.3, -0.25) is 9.59 Å². The molecule has 268 valence electrons. The third kappa shape index (κ3) is 10.5. The molecule has 0 fully saturated rings. The molecule has 17 heteroatoms. The van der Waals surface area contributed by atoms with Crippen LogP contribution in [0.15, 0.2) is 82.6 Å². The Balaban J connectivity index is 0.000000204. The van der Waals surface area contributed by atoms with Gasteiger partial charge in [0.15, 0.2) is 0 Å². The number of ether oxygens (including phenoxy) is 2. The molecule has 0 spiro atoms. The van der Waals surface area contributed by atoms with Crippen molar-refractivity contribution in [3.05, 3.63) is 117 Å². The summed E-state index contributed by atoms with van der Waals surface area (Å²) in [6.07, 6.45) is -0.519. The zero-order valence-electron chi connectivity index (χ0n) is 26.7. The number of methoxy groups -OCH3 is 2. The second kappa shape index (κ2) is 18.4. The van der Waals surface area contributed by atoms with Crippen LogP contribution in [0.25, 0.3) is 0 Å². The molecule has 10 nitrogen and oxygen atoms in total. The van der Waals surface area contributed by atoms with Gasteiger partial charge in [0.05, 0.1) is 41.4 Å². The maximum atomic E-state index is 13.2. The van der Waals surface area contributed by atoms with Gasteiger partial charge in [0, 0.05) is 50.3 Å². The van der Waals surface area contributed by atoms with Gasteiger partial charge in [-0.05, 0) is 59.7 Å². The van der Waals surface area contributed by atoms with Crippen LogP contribution in [0.2, 0.25) is 10.0 Å². The summed E-state index contributed by atoms with van der Waals surface area (Å²) < 4.78 is 34.8. The van der Waals surface area contributed by atoms with E-state index in [-0.39, 0.29) is 33.9 Å². The van der Waals surface area contributed by atoms with Gasteiger partial charge in [0.2, 0.25) is 0 Å². The van der Waals surface area contributed by atoms with Crippen LogP contribution in [0, 0.1) is 11.6 Å². The van der Waals surface area contributed by atoms with Gasteiger partial charge >= 0.3 is 11.5 Å². The Bertz CT molecular complexity index is 1960. The zero-order valence-corrected chi connectivity index (χ0v) is 30.6. The number of hydrogen-bond donors (Lipinski definition) is 4. The molecule has 0 aliphatic carbocycles. The largest absolute Gasteiger partial charge is 0.457 e. The highest BCUT2D eigenvalue weighted by atomic mass is 35.5. The zero-order chi connectivity index (χ0) is 37.2. The molecule has 2 aliphatic heterocycles. The molecule has 51 heavy (non-hydrogen) atoms. The number of halogens is 5. The summed E-state index contributed by atoms with van der Waals surface area (Å²) in [5.74, 6) is -0.273. The number of nitrogens with two attached hydrogens (primary N) is 1. The quantitative estimate of drug-likeness (QED) is 0.145. The Morgan fingerprint density at radius 1 is 0.745 bits per heavy atom. The second-order valence-corrected chi connectivity index (χ2v) is 13.7. The predicted octanol–water partition coefficient (Wildman–Crippen LogP) is 9.06. The Kier molecular flexibility index (Phi) is 14.4. The molecule has 5 N–H and O–H groups in total. The molecule has 0 bridgehead atoms. The molecule has 0 saturated carbocycles. The smallest absolute Gasteiger partial charge is 0.407 e. The maximum absolute atomic E-state index is 13.2. The van der Waals surface area contributed by atoms with Gasteiger partial charge in [-0.1, -0.05) is 47.5 Å². The summed E-state index contributed by atoms with van der Waals surface area (Å²) in [4.78, 5) is 47.5. The van der Waals surface area contributed by atoms with E-state index in [1.54, 1.807) is 30.0 Å². The van der Waals surface area contributed by atoms with E-state index in [0.29, 0.717) is 28.3 Å². The van der Waals surface area contributed by atoms with E-state index >= 15 is 0 Å². The first kappa shape index (κ1) is 39.7.